The molecule has 2 rings (SSSR count). The van der Waals surface area contributed by atoms with Gasteiger partial charge in [0.25, 0.3) is 0 Å². The Morgan fingerprint density at radius 2 is 2.00 bits per heavy atom. The highest BCUT2D eigenvalue weighted by atomic mass is 16.2. The lowest BCUT2D eigenvalue weighted by atomic mass is 9.94. The number of nitrogens with one attached hydrogen (secondary N) is 1. The minimum absolute atomic E-state index is 0.381. The highest BCUT2D eigenvalue weighted by Crippen LogP contribution is 2.24. The maximum Gasteiger partial charge on any atom is 0.222 e. The number of carbonyl (C=O) groups is 1. The number of likely N-dealkylation sites (tertiary alicyclic amines) is 1. The van der Waals surface area contributed by atoms with Crippen LogP contribution in [0.2, 0.25) is 0 Å². The van der Waals surface area contributed by atoms with Gasteiger partial charge in [0.2, 0.25) is 5.91 Å². The van der Waals surface area contributed by atoms with Crippen molar-refractivity contribution in [2.45, 2.75) is 39.5 Å². The maximum atomic E-state index is 12.1. The largest absolute Gasteiger partial charge is 0.342 e. The second-order valence-corrected chi connectivity index (χ2v) is 6.00. The van der Waals surface area contributed by atoms with Crippen LogP contribution >= 0.6 is 0 Å². The smallest absolute Gasteiger partial charge is 0.222 e. The number of hydrogen-bond acceptors (Lipinski definition) is 2. The summed E-state index contributed by atoms with van der Waals surface area (Å²) in [5, 5.41) is 3.42. The molecule has 98 valence electrons. The first-order valence-electron chi connectivity index (χ1n) is 7.15. The van der Waals surface area contributed by atoms with Crippen LogP contribution in [0.3, 0.4) is 0 Å². The molecular formula is C14H26N2O. The van der Waals surface area contributed by atoms with E-state index in [1.165, 1.54) is 12.8 Å². The summed E-state index contributed by atoms with van der Waals surface area (Å²) in [6.45, 7) is 8.73. The van der Waals surface area contributed by atoms with Gasteiger partial charge in [0.1, 0.15) is 0 Å². The molecule has 1 amide bonds. The number of nitrogens with zero attached hydrogens (tertiary/aromatic N) is 1. The van der Waals surface area contributed by atoms with Crippen LogP contribution < -0.4 is 5.32 Å². The number of carbonyl (C=O) groups excluding carboxylic acids is 1. The Balaban J connectivity index is 1.70. The third-order valence-corrected chi connectivity index (χ3v) is 4.51. The molecule has 3 unspecified atom stereocenters. The quantitative estimate of drug-likeness (QED) is 0.814. The molecule has 0 spiro atoms. The molecule has 0 aromatic heterocycles. The summed E-state index contributed by atoms with van der Waals surface area (Å²) in [7, 11) is 0. The Hall–Kier alpha value is -0.570. The van der Waals surface area contributed by atoms with E-state index in [4.69, 9.17) is 0 Å². The molecule has 0 bridgehead atoms. The van der Waals surface area contributed by atoms with Crippen molar-refractivity contribution in [1.29, 1.82) is 0 Å². The van der Waals surface area contributed by atoms with Crippen LogP contribution in [-0.4, -0.2) is 37.0 Å². The molecule has 1 N–H and O–H groups in total. The van der Waals surface area contributed by atoms with Crippen molar-refractivity contribution in [3.63, 3.8) is 0 Å². The fraction of sp³-hybridized carbons (Fsp3) is 0.929. The van der Waals surface area contributed by atoms with Gasteiger partial charge in [-0.15, -0.1) is 0 Å². The number of hydrogen-bond donors (Lipinski definition) is 1. The van der Waals surface area contributed by atoms with Gasteiger partial charge in [-0.05, 0) is 50.1 Å². The normalized spacial score (nSPS) is 34.0. The van der Waals surface area contributed by atoms with Gasteiger partial charge in [-0.1, -0.05) is 13.8 Å². The first-order chi connectivity index (χ1) is 8.16. The number of piperidine rings is 1. The fourth-order valence-corrected chi connectivity index (χ4v) is 2.99. The minimum Gasteiger partial charge on any atom is -0.342 e. The summed E-state index contributed by atoms with van der Waals surface area (Å²) < 4.78 is 0. The highest BCUT2D eigenvalue weighted by Gasteiger charge is 2.29. The van der Waals surface area contributed by atoms with Gasteiger partial charge in [-0.2, -0.15) is 0 Å². The summed E-state index contributed by atoms with van der Waals surface area (Å²) in [4.78, 5) is 14.2. The number of amides is 1. The molecular weight excluding hydrogens is 212 g/mol. The number of rotatable bonds is 3. The average Bonchev–Trinajstić information content (AvgIpc) is 2.68. The van der Waals surface area contributed by atoms with E-state index in [0.29, 0.717) is 17.7 Å². The molecule has 0 aromatic rings. The predicted octanol–water partition coefficient (Wildman–Crippen LogP) is 1.88. The lowest BCUT2D eigenvalue weighted by Gasteiger charge is -2.23. The molecule has 0 aromatic carbocycles. The Kier molecular flexibility index (Phi) is 4.43. The van der Waals surface area contributed by atoms with Crippen LogP contribution in [0, 0.1) is 17.8 Å². The van der Waals surface area contributed by atoms with Crippen molar-refractivity contribution in [2.24, 2.45) is 17.8 Å². The van der Waals surface area contributed by atoms with Crippen LogP contribution in [0.1, 0.15) is 39.5 Å². The van der Waals surface area contributed by atoms with Gasteiger partial charge >= 0.3 is 0 Å². The van der Waals surface area contributed by atoms with Crippen molar-refractivity contribution in [3.8, 4) is 0 Å². The summed E-state index contributed by atoms with van der Waals surface area (Å²) in [5.74, 6) is 2.46. The minimum atomic E-state index is 0.381. The van der Waals surface area contributed by atoms with E-state index in [2.05, 4.69) is 24.1 Å². The van der Waals surface area contributed by atoms with E-state index in [0.717, 1.165) is 44.9 Å². The van der Waals surface area contributed by atoms with E-state index >= 15 is 0 Å². The predicted molar refractivity (Wildman–Crippen MR) is 69.7 cm³/mol. The summed E-state index contributed by atoms with van der Waals surface area (Å²) >= 11 is 0. The van der Waals surface area contributed by atoms with Crippen molar-refractivity contribution >= 4 is 5.91 Å². The molecule has 2 aliphatic rings. The topological polar surface area (TPSA) is 32.3 Å². The summed E-state index contributed by atoms with van der Waals surface area (Å²) in [6, 6.07) is 0. The molecule has 2 aliphatic heterocycles. The standard InChI is InChI=1S/C14H26N2O/c1-11-9-16(10-12(11)2)14(17)6-5-13-4-3-7-15-8-13/h11-13,15H,3-10H2,1-2H3. The average molecular weight is 238 g/mol. The fourth-order valence-electron chi connectivity index (χ4n) is 2.99. The molecule has 2 saturated heterocycles. The summed E-state index contributed by atoms with van der Waals surface area (Å²) in [6.07, 6.45) is 4.40. The Labute approximate surface area is 105 Å². The van der Waals surface area contributed by atoms with Crippen molar-refractivity contribution in [2.75, 3.05) is 26.2 Å². The van der Waals surface area contributed by atoms with E-state index in [1.807, 2.05) is 0 Å². The van der Waals surface area contributed by atoms with E-state index in [1.54, 1.807) is 0 Å². The Morgan fingerprint density at radius 1 is 1.29 bits per heavy atom. The third kappa shape index (κ3) is 3.44. The van der Waals surface area contributed by atoms with Crippen LogP contribution in [0.4, 0.5) is 0 Å². The lowest BCUT2D eigenvalue weighted by molar-refractivity contribution is -0.130. The van der Waals surface area contributed by atoms with E-state index in [9.17, 15) is 4.79 Å². The molecule has 3 heteroatoms. The van der Waals surface area contributed by atoms with Gasteiger partial charge in [-0.25, -0.2) is 0 Å². The first kappa shape index (κ1) is 12.9. The van der Waals surface area contributed by atoms with Gasteiger partial charge in [0.05, 0.1) is 0 Å². The zero-order valence-corrected chi connectivity index (χ0v) is 11.2. The zero-order chi connectivity index (χ0) is 12.3. The van der Waals surface area contributed by atoms with Crippen molar-refractivity contribution in [1.82, 2.24) is 10.2 Å². The zero-order valence-electron chi connectivity index (χ0n) is 11.2. The first-order valence-corrected chi connectivity index (χ1v) is 7.15. The lowest BCUT2D eigenvalue weighted by Crippen LogP contribution is -2.32. The maximum absolute atomic E-state index is 12.1. The molecule has 3 nitrogen and oxygen atoms in total. The molecule has 17 heavy (non-hydrogen) atoms. The third-order valence-electron chi connectivity index (χ3n) is 4.51. The van der Waals surface area contributed by atoms with Crippen LogP contribution in [0.5, 0.6) is 0 Å². The van der Waals surface area contributed by atoms with Gasteiger partial charge < -0.3 is 10.2 Å². The molecule has 0 saturated carbocycles. The van der Waals surface area contributed by atoms with Crippen molar-refractivity contribution < 1.29 is 4.79 Å². The van der Waals surface area contributed by atoms with E-state index in [-0.39, 0.29) is 0 Å². The van der Waals surface area contributed by atoms with Crippen molar-refractivity contribution in [3.05, 3.63) is 0 Å². The van der Waals surface area contributed by atoms with Gasteiger partial charge in [0.15, 0.2) is 0 Å². The molecule has 0 radical (unpaired) electrons. The monoisotopic (exact) mass is 238 g/mol. The van der Waals surface area contributed by atoms with Crippen LogP contribution in [-0.2, 0) is 4.79 Å². The summed E-state index contributed by atoms with van der Waals surface area (Å²) in [5.41, 5.74) is 0. The Morgan fingerprint density at radius 3 is 2.59 bits per heavy atom. The Bertz CT molecular complexity index is 251. The molecule has 3 atom stereocenters. The van der Waals surface area contributed by atoms with Gasteiger partial charge in [-0.3, -0.25) is 4.79 Å². The van der Waals surface area contributed by atoms with Gasteiger partial charge in [0, 0.05) is 19.5 Å². The van der Waals surface area contributed by atoms with Crippen LogP contribution in [0.15, 0.2) is 0 Å². The molecule has 0 aliphatic carbocycles. The molecule has 2 heterocycles. The second-order valence-electron chi connectivity index (χ2n) is 6.00. The molecule has 2 fully saturated rings. The van der Waals surface area contributed by atoms with Crippen LogP contribution in [0.25, 0.3) is 0 Å². The SMILES string of the molecule is CC1CN(C(=O)CCC2CCCNC2)CC1C. The highest BCUT2D eigenvalue weighted by molar-refractivity contribution is 5.76. The second kappa shape index (κ2) is 5.85. The van der Waals surface area contributed by atoms with E-state index < -0.39 is 0 Å².